The van der Waals surface area contributed by atoms with Gasteiger partial charge in [0, 0.05) is 7.11 Å². The maximum atomic E-state index is 10.9. The van der Waals surface area contributed by atoms with E-state index >= 15 is 0 Å². The molecule has 0 aliphatic rings. The van der Waals surface area contributed by atoms with E-state index in [1.807, 2.05) is 24.3 Å². The van der Waals surface area contributed by atoms with E-state index in [9.17, 15) is 4.79 Å². The van der Waals surface area contributed by atoms with Gasteiger partial charge in [-0.05, 0) is 58.2 Å². The Balaban J connectivity index is 2.09. The minimum Gasteiger partial charge on any atom is -0.478 e. The maximum absolute atomic E-state index is 10.9. The number of carboxylic acid groups (broad SMARTS) is 1. The van der Waals surface area contributed by atoms with Crippen LogP contribution in [0, 0.1) is 0 Å². The normalized spacial score (nSPS) is 10.4. The van der Waals surface area contributed by atoms with Crippen molar-refractivity contribution < 1.29 is 19.4 Å². The number of rotatable bonds is 6. The van der Waals surface area contributed by atoms with Crippen LogP contribution in [0.4, 0.5) is 0 Å². The molecule has 4 nitrogen and oxygen atoms in total. The van der Waals surface area contributed by atoms with Gasteiger partial charge in [0.25, 0.3) is 0 Å². The van der Waals surface area contributed by atoms with Gasteiger partial charge in [0.1, 0.15) is 11.5 Å². The van der Waals surface area contributed by atoms with Gasteiger partial charge in [-0.1, -0.05) is 12.1 Å². The largest absolute Gasteiger partial charge is 0.478 e. The van der Waals surface area contributed by atoms with Gasteiger partial charge in [0.15, 0.2) is 0 Å². The number of aromatic carboxylic acids is 1. The first kappa shape index (κ1) is 15.5. The molecule has 1 N–H and O–H groups in total. The Morgan fingerprint density at radius 2 is 1.90 bits per heavy atom. The van der Waals surface area contributed by atoms with Gasteiger partial charge in [0.2, 0.25) is 0 Å². The summed E-state index contributed by atoms with van der Waals surface area (Å²) in [5, 5.41) is 8.92. The third-order valence-electron chi connectivity index (χ3n) is 2.92. The molecule has 21 heavy (non-hydrogen) atoms. The summed E-state index contributed by atoms with van der Waals surface area (Å²) in [5.41, 5.74) is 1.38. The van der Waals surface area contributed by atoms with Gasteiger partial charge < -0.3 is 14.6 Å². The number of ether oxygens (including phenoxy) is 2. The van der Waals surface area contributed by atoms with Crippen LogP contribution in [0.5, 0.6) is 11.5 Å². The van der Waals surface area contributed by atoms with E-state index in [0.29, 0.717) is 22.6 Å². The Morgan fingerprint density at radius 1 is 1.19 bits per heavy atom. The topological polar surface area (TPSA) is 55.8 Å². The van der Waals surface area contributed by atoms with Crippen molar-refractivity contribution in [3.63, 3.8) is 0 Å². The van der Waals surface area contributed by atoms with Crippen LogP contribution in [0.1, 0.15) is 15.9 Å². The van der Waals surface area contributed by atoms with E-state index < -0.39 is 5.97 Å². The van der Waals surface area contributed by atoms with Gasteiger partial charge in [0.05, 0.1) is 16.6 Å². The second-order valence-corrected chi connectivity index (χ2v) is 5.29. The van der Waals surface area contributed by atoms with Crippen LogP contribution in [-0.2, 0) is 11.2 Å². The van der Waals surface area contributed by atoms with Crippen molar-refractivity contribution >= 4 is 21.9 Å². The highest BCUT2D eigenvalue weighted by atomic mass is 79.9. The second kappa shape index (κ2) is 7.24. The van der Waals surface area contributed by atoms with Crippen molar-refractivity contribution in [3.8, 4) is 11.5 Å². The van der Waals surface area contributed by atoms with E-state index in [0.717, 1.165) is 6.42 Å². The van der Waals surface area contributed by atoms with Crippen LogP contribution in [0.15, 0.2) is 46.9 Å². The fraction of sp³-hybridized carbons (Fsp3) is 0.188. The van der Waals surface area contributed by atoms with Crippen molar-refractivity contribution in [2.45, 2.75) is 6.42 Å². The first-order chi connectivity index (χ1) is 10.1. The molecular formula is C16H15BrO4. The van der Waals surface area contributed by atoms with E-state index in [-0.39, 0.29) is 5.56 Å². The summed E-state index contributed by atoms with van der Waals surface area (Å²) in [7, 11) is 1.68. The van der Waals surface area contributed by atoms with Crippen LogP contribution in [-0.4, -0.2) is 24.8 Å². The lowest BCUT2D eigenvalue weighted by Crippen LogP contribution is -1.96. The van der Waals surface area contributed by atoms with Gasteiger partial charge in [-0.25, -0.2) is 4.79 Å². The molecule has 0 atom stereocenters. The van der Waals surface area contributed by atoms with Crippen molar-refractivity contribution in [3.05, 3.63) is 58.1 Å². The lowest BCUT2D eigenvalue weighted by Gasteiger charge is -2.09. The summed E-state index contributed by atoms with van der Waals surface area (Å²) in [6.07, 6.45) is 0.855. The molecule has 0 aliphatic heterocycles. The molecule has 0 amide bonds. The minimum atomic E-state index is -0.968. The maximum Gasteiger partial charge on any atom is 0.335 e. The smallest absolute Gasteiger partial charge is 0.335 e. The molecular weight excluding hydrogens is 336 g/mol. The first-order valence-electron chi connectivity index (χ1n) is 6.38. The third-order valence-corrected chi connectivity index (χ3v) is 3.54. The number of hydrogen-bond acceptors (Lipinski definition) is 3. The fourth-order valence-electron chi connectivity index (χ4n) is 1.79. The lowest BCUT2D eigenvalue weighted by molar-refractivity contribution is 0.0697. The predicted octanol–water partition coefficient (Wildman–Crippen LogP) is 4.13. The van der Waals surface area contributed by atoms with Crippen LogP contribution >= 0.6 is 15.9 Å². The molecule has 0 saturated carbocycles. The Morgan fingerprint density at radius 3 is 2.48 bits per heavy atom. The van der Waals surface area contributed by atoms with Gasteiger partial charge in [-0.15, -0.1) is 0 Å². The molecule has 2 rings (SSSR count). The van der Waals surface area contributed by atoms with E-state index in [4.69, 9.17) is 14.6 Å². The zero-order chi connectivity index (χ0) is 15.2. The number of methoxy groups -OCH3 is 1. The van der Waals surface area contributed by atoms with E-state index in [1.165, 1.54) is 17.7 Å². The predicted molar refractivity (Wildman–Crippen MR) is 83.2 cm³/mol. The molecule has 0 saturated heterocycles. The average Bonchev–Trinajstić information content (AvgIpc) is 2.48. The molecule has 0 heterocycles. The average molecular weight is 351 g/mol. The summed E-state index contributed by atoms with van der Waals surface area (Å²) in [4.78, 5) is 10.9. The lowest BCUT2D eigenvalue weighted by atomic mass is 10.1. The minimum absolute atomic E-state index is 0.212. The SMILES string of the molecule is COCCc1ccc(Oc2ccc(C(=O)O)cc2Br)cc1. The Kier molecular flexibility index (Phi) is 5.36. The number of benzene rings is 2. The van der Waals surface area contributed by atoms with Crippen molar-refractivity contribution in [2.24, 2.45) is 0 Å². The highest BCUT2D eigenvalue weighted by molar-refractivity contribution is 9.10. The molecule has 2 aromatic rings. The summed E-state index contributed by atoms with van der Waals surface area (Å²) in [5.74, 6) is 0.300. The molecule has 0 aromatic heterocycles. The number of carboxylic acids is 1. The van der Waals surface area contributed by atoms with Gasteiger partial charge >= 0.3 is 5.97 Å². The molecule has 5 heteroatoms. The third kappa shape index (κ3) is 4.31. The molecule has 110 valence electrons. The second-order valence-electron chi connectivity index (χ2n) is 4.44. The number of hydrogen-bond donors (Lipinski definition) is 1. The molecule has 0 fully saturated rings. The summed E-state index contributed by atoms with van der Waals surface area (Å²) < 4.78 is 11.4. The summed E-state index contributed by atoms with van der Waals surface area (Å²) in [6, 6.07) is 12.4. The zero-order valence-corrected chi connectivity index (χ0v) is 13.1. The standard InChI is InChI=1S/C16H15BrO4/c1-20-9-8-11-2-5-13(6-3-11)21-15-7-4-12(16(18)19)10-14(15)17/h2-7,10H,8-9H2,1H3,(H,18,19). The van der Waals surface area contributed by atoms with Gasteiger partial charge in [-0.2, -0.15) is 0 Å². The first-order valence-corrected chi connectivity index (χ1v) is 7.18. The molecule has 0 spiro atoms. The molecule has 0 bridgehead atoms. The van der Waals surface area contributed by atoms with E-state index in [1.54, 1.807) is 13.2 Å². The van der Waals surface area contributed by atoms with Crippen LogP contribution in [0.25, 0.3) is 0 Å². The number of carbonyl (C=O) groups is 1. The zero-order valence-electron chi connectivity index (χ0n) is 11.5. The monoisotopic (exact) mass is 350 g/mol. The highest BCUT2D eigenvalue weighted by Gasteiger charge is 2.08. The van der Waals surface area contributed by atoms with Crippen LogP contribution in [0.2, 0.25) is 0 Å². The summed E-state index contributed by atoms with van der Waals surface area (Å²) in [6.45, 7) is 0.683. The quantitative estimate of drug-likeness (QED) is 0.850. The fourth-order valence-corrected chi connectivity index (χ4v) is 2.25. The van der Waals surface area contributed by atoms with Crippen LogP contribution < -0.4 is 4.74 Å². The Labute approximate surface area is 131 Å². The van der Waals surface area contributed by atoms with Crippen LogP contribution in [0.3, 0.4) is 0 Å². The van der Waals surface area contributed by atoms with Gasteiger partial charge in [-0.3, -0.25) is 0 Å². The molecule has 0 unspecified atom stereocenters. The molecule has 0 aliphatic carbocycles. The Hall–Kier alpha value is -1.85. The van der Waals surface area contributed by atoms with Crippen molar-refractivity contribution in [1.29, 1.82) is 0 Å². The molecule has 0 radical (unpaired) electrons. The van der Waals surface area contributed by atoms with Crippen molar-refractivity contribution in [2.75, 3.05) is 13.7 Å². The van der Waals surface area contributed by atoms with E-state index in [2.05, 4.69) is 15.9 Å². The number of halogens is 1. The Bertz CT molecular complexity index is 623. The summed E-state index contributed by atoms with van der Waals surface area (Å²) >= 11 is 3.32. The highest BCUT2D eigenvalue weighted by Crippen LogP contribution is 2.30. The van der Waals surface area contributed by atoms with Crippen molar-refractivity contribution in [1.82, 2.24) is 0 Å². The molecule has 2 aromatic carbocycles.